The van der Waals surface area contributed by atoms with Crippen molar-refractivity contribution in [3.05, 3.63) is 53.6 Å². The molecule has 1 saturated heterocycles. The molecule has 0 N–H and O–H groups in total. The van der Waals surface area contributed by atoms with E-state index < -0.39 is 21.5 Å². The average molecular weight is 452 g/mol. The summed E-state index contributed by atoms with van der Waals surface area (Å²) in [5.41, 5.74) is 0.472. The van der Waals surface area contributed by atoms with Gasteiger partial charge in [0.2, 0.25) is 0 Å². The van der Waals surface area contributed by atoms with Gasteiger partial charge < -0.3 is 9.80 Å². The average Bonchev–Trinajstić information content (AvgIpc) is 3.18. The van der Waals surface area contributed by atoms with Gasteiger partial charge in [0.1, 0.15) is 11.3 Å². The molecule has 1 aliphatic rings. The van der Waals surface area contributed by atoms with Crippen LogP contribution in [0.4, 0.5) is 13.9 Å². The topological polar surface area (TPSA) is 70.6 Å². The molecule has 158 valence electrons. The van der Waals surface area contributed by atoms with Crippen LogP contribution >= 0.6 is 11.3 Å². The number of halogens is 2. The van der Waals surface area contributed by atoms with Crippen LogP contribution in [0.25, 0.3) is 10.2 Å². The lowest BCUT2D eigenvalue weighted by atomic mass is 10.2. The predicted molar refractivity (Wildman–Crippen MR) is 112 cm³/mol. The van der Waals surface area contributed by atoms with E-state index in [0.717, 1.165) is 6.07 Å². The first-order valence-electron chi connectivity index (χ1n) is 9.41. The second-order valence-electron chi connectivity index (χ2n) is 6.94. The van der Waals surface area contributed by atoms with Crippen molar-refractivity contribution in [2.45, 2.75) is 11.8 Å². The number of aromatic nitrogens is 1. The highest BCUT2D eigenvalue weighted by atomic mass is 32.2. The summed E-state index contributed by atoms with van der Waals surface area (Å²) in [5, 5.41) is 0.581. The third-order valence-electron chi connectivity index (χ3n) is 5.06. The molecule has 0 radical (unpaired) electrons. The molecule has 3 aromatic rings. The van der Waals surface area contributed by atoms with Gasteiger partial charge in [-0.25, -0.2) is 22.2 Å². The second kappa shape index (κ2) is 7.92. The fraction of sp³-hybridized carbons (Fsp3) is 0.300. The van der Waals surface area contributed by atoms with Crippen molar-refractivity contribution in [3.63, 3.8) is 0 Å². The van der Waals surface area contributed by atoms with Crippen LogP contribution in [-0.2, 0) is 9.84 Å². The number of hydrogen-bond acceptors (Lipinski definition) is 6. The molecule has 0 spiro atoms. The Morgan fingerprint density at radius 1 is 1.13 bits per heavy atom. The highest BCUT2D eigenvalue weighted by Crippen LogP contribution is 2.31. The molecule has 0 unspecified atom stereocenters. The maximum Gasteiger partial charge on any atom is 0.254 e. The third kappa shape index (κ3) is 3.89. The Kier molecular flexibility index (Phi) is 5.46. The van der Waals surface area contributed by atoms with Crippen LogP contribution in [0.15, 0.2) is 41.3 Å². The number of fused-ring (bicyclic) bond motifs is 1. The maximum absolute atomic E-state index is 13.9. The SMILES string of the molecule is CCS(=O)(=O)c1cccc(C(=O)N2CCN(c3nc4c(F)cc(F)cc4s3)CC2)c1. The number of hydrogen-bond donors (Lipinski definition) is 0. The first-order valence-corrected chi connectivity index (χ1v) is 11.9. The predicted octanol–water partition coefficient (Wildman–Crippen LogP) is 3.33. The summed E-state index contributed by atoms with van der Waals surface area (Å²) in [6.07, 6.45) is 0. The Morgan fingerprint density at radius 2 is 1.87 bits per heavy atom. The maximum atomic E-state index is 13.9. The Morgan fingerprint density at radius 3 is 2.57 bits per heavy atom. The Hall–Kier alpha value is -2.59. The highest BCUT2D eigenvalue weighted by Gasteiger charge is 2.25. The molecular formula is C20H19F2N3O3S2. The van der Waals surface area contributed by atoms with E-state index in [4.69, 9.17) is 0 Å². The Balaban J connectivity index is 1.48. The molecule has 30 heavy (non-hydrogen) atoms. The van der Waals surface area contributed by atoms with Crippen LogP contribution in [0.2, 0.25) is 0 Å². The molecule has 2 heterocycles. The van der Waals surface area contributed by atoms with E-state index in [1.165, 1.54) is 29.5 Å². The van der Waals surface area contributed by atoms with Gasteiger partial charge in [-0.15, -0.1) is 0 Å². The quantitative estimate of drug-likeness (QED) is 0.609. The minimum absolute atomic E-state index is 0.0318. The number of carbonyl (C=O) groups is 1. The zero-order valence-electron chi connectivity index (χ0n) is 16.1. The molecule has 0 atom stereocenters. The number of benzene rings is 2. The van der Waals surface area contributed by atoms with Gasteiger partial charge >= 0.3 is 0 Å². The van der Waals surface area contributed by atoms with Crippen molar-refractivity contribution in [2.75, 3.05) is 36.8 Å². The van der Waals surface area contributed by atoms with E-state index in [9.17, 15) is 22.0 Å². The van der Waals surface area contributed by atoms with Gasteiger partial charge in [0.25, 0.3) is 5.91 Å². The second-order valence-corrected chi connectivity index (χ2v) is 10.2. The number of amides is 1. The standard InChI is InChI=1S/C20H19F2N3O3S2/c1-2-30(27,28)15-5-3-4-13(10-15)19(26)24-6-8-25(9-7-24)20-23-18-16(22)11-14(21)12-17(18)29-20/h3-5,10-12H,2,6-9H2,1H3. The van der Waals surface area contributed by atoms with Gasteiger partial charge in [0, 0.05) is 37.8 Å². The monoisotopic (exact) mass is 451 g/mol. The van der Waals surface area contributed by atoms with E-state index in [-0.39, 0.29) is 22.1 Å². The molecule has 1 fully saturated rings. The number of sulfone groups is 1. The summed E-state index contributed by atoms with van der Waals surface area (Å²) >= 11 is 1.21. The molecule has 1 aliphatic heterocycles. The van der Waals surface area contributed by atoms with Crippen molar-refractivity contribution in [1.29, 1.82) is 0 Å². The van der Waals surface area contributed by atoms with E-state index in [1.54, 1.807) is 24.0 Å². The van der Waals surface area contributed by atoms with E-state index >= 15 is 0 Å². The molecule has 1 aromatic heterocycles. The van der Waals surface area contributed by atoms with E-state index in [0.29, 0.717) is 41.6 Å². The van der Waals surface area contributed by atoms with Crippen LogP contribution in [0.5, 0.6) is 0 Å². The van der Waals surface area contributed by atoms with Crippen LogP contribution in [0.3, 0.4) is 0 Å². The number of piperazine rings is 1. The summed E-state index contributed by atoms with van der Waals surface area (Å²) in [7, 11) is -3.39. The van der Waals surface area contributed by atoms with Crippen molar-refractivity contribution in [3.8, 4) is 0 Å². The molecule has 0 aliphatic carbocycles. The van der Waals surface area contributed by atoms with Crippen LogP contribution in [-0.4, -0.2) is 56.1 Å². The Labute approximate surface area is 176 Å². The van der Waals surface area contributed by atoms with Crippen molar-refractivity contribution in [2.24, 2.45) is 0 Å². The minimum atomic E-state index is -3.39. The van der Waals surface area contributed by atoms with Crippen LogP contribution < -0.4 is 4.90 Å². The zero-order valence-corrected chi connectivity index (χ0v) is 17.8. The van der Waals surface area contributed by atoms with Gasteiger partial charge in [0.05, 0.1) is 15.3 Å². The molecule has 0 bridgehead atoms. The van der Waals surface area contributed by atoms with E-state index in [2.05, 4.69) is 4.98 Å². The highest BCUT2D eigenvalue weighted by molar-refractivity contribution is 7.91. The van der Waals surface area contributed by atoms with Crippen LogP contribution in [0.1, 0.15) is 17.3 Å². The molecule has 6 nitrogen and oxygen atoms in total. The molecule has 2 aromatic carbocycles. The van der Waals surface area contributed by atoms with Gasteiger partial charge in [-0.2, -0.15) is 0 Å². The lowest BCUT2D eigenvalue weighted by Crippen LogP contribution is -2.48. The van der Waals surface area contributed by atoms with E-state index in [1.807, 2.05) is 4.90 Å². The summed E-state index contributed by atoms with van der Waals surface area (Å²) < 4.78 is 51.9. The first-order chi connectivity index (χ1) is 14.3. The lowest BCUT2D eigenvalue weighted by Gasteiger charge is -2.34. The largest absolute Gasteiger partial charge is 0.345 e. The summed E-state index contributed by atoms with van der Waals surface area (Å²) in [4.78, 5) is 20.9. The first kappa shape index (κ1) is 20.7. The lowest BCUT2D eigenvalue weighted by molar-refractivity contribution is 0.0746. The normalized spacial score (nSPS) is 15.0. The summed E-state index contributed by atoms with van der Waals surface area (Å²) in [6, 6.07) is 8.15. The Bertz CT molecular complexity index is 1220. The molecule has 0 saturated carbocycles. The number of anilines is 1. The fourth-order valence-corrected chi connectivity index (χ4v) is 5.34. The fourth-order valence-electron chi connectivity index (χ4n) is 3.35. The van der Waals surface area contributed by atoms with Crippen molar-refractivity contribution >= 4 is 42.4 Å². The minimum Gasteiger partial charge on any atom is -0.345 e. The van der Waals surface area contributed by atoms with Gasteiger partial charge in [-0.05, 0) is 24.3 Å². The van der Waals surface area contributed by atoms with Gasteiger partial charge in [-0.3, -0.25) is 4.79 Å². The molecular weight excluding hydrogens is 432 g/mol. The van der Waals surface area contributed by atoms with Crippen molar-refractivity contribution in [1.82, 2.24) is 9.88 Å². The van der Waals surface area contributed by atoms with Gasteiger partial charge in [-0.1, -0.05) is 24.3 Å². The van der Waals surface area contributed by atoms with Gasteiger partial charge in [0.15, 0.2) is 20.8 Å². The number of carbonyl (C=O) groups excluding carboxylic acids is 1. The molecule has 4 rings (SSSR count). The van der Waals surface area contributed by atoms with Crippen LogP contribution in [0, 0.1) is 11.6 Å². The third-order valence-corrected chi connectivity index (χ3v) is 7.85. The number of nitrogens with zero attached hydrogens (tertiary/aromatic N) is 3. The number of rotatable bonds is 4. The summed E-state index contributed by atoms with van der Waals surface area (Å²) in [6.45, 7) is 3.36. The smallest absolute Gasteiger partial charge is 0.254 e. The zero-order chi connectivity index (χ0) is 21.5. The molecule has 1 amide bonds. The number of thiazole rings is 1. The molecule has 10 heteroatoms. The van der Waals surface area contributed by atoms with Crippen molar-refractivity contribution < 1.29 is 22.0 Å². The summed E-state index contributed by atoms with van der Waals surface area (Å²) in [5.74, 6) is -1.60.